The smallest absolute Gasteiger partial charge is 0.0540 e. The minimum Gasteiger partial charge on any atom is -0.310 e. The van der Waals surface area contributed by atoms with E-state index in [4.69, 9.17) is 0 Å². The van der Waals surface area contributed by atoms with Gasteiger partial charge in [-0.3, -0.25) is 0 Å². The molecule has 0 radical (unpaired) electrons. The fourth-order valence-electron chi connectivity index (χ4n) is 9.20. The van der Waals surface area contributed by atoms with Crippen LogP contribution in [0.2, 0.25) is 0 Å². The van der Waals surface area contributed by atoms with Crippen LogP contribution < -0.4 is 4.90 Å². The molecule has 0 unspecified atom stereocenters. The molecular formula is C52H47N. The lowest BCUT2D eigenvalue weighted by Crippen LogP contribution is -2.16. The minimum absolute atomic E-state index is 0.0667. The molecule has 2 aliphatic carbocycles. The highest BCUT2D eigenvalue weighted by molar-refractivity contribution is 5.92. The van der Waals surface area contributed by atoms with Crippen LogP contribution in [0.1, 0.15) is 76.3 Å². The van der Waals surface area contributed by atoms with E-state index >= 15 is 0 Å². The van der Waals surface area contributed by atoms with Crippen LogP contribution in [0.4, 0.5) is 17.1 Å². The first-order chi connectivity index (χ1) is 25.4. The van der Waals surface area contributed by atoms with Crippen molar-refractivity contribution in [1.82, 2.24) is 0 Å². The average Bonchev–Trinajstić information content (AvgIpc) is 3.55. The van der Waals surface area contributed by atoms with Gasteiger partial charge in [0.05, 0.1) is 5.69 Å². The molecular weight excluding hydrogens is 639 g/mol. The number of para-hydroxylation sites is 1. The molecule has 0 saturated carbocycles. The Morgan fingerprint density at radius 3 is 1.55 bits per heavy atom. The Balaban J connectivity index is 1.17. The lowest BCUT2D eigenvalue weighted by molar-refractivity contribution is 0.590. The van der Waals surface area contributed by atoms with Gasteiger partial charge in [0.1, 0.15) is 0 Å². The predicted octanol–water partition coefficient (Wildman–Crippen LogP) is 14.4. The van der Waals surface area contributed by atoms with Gasteiger partial charge < -0.3 is 4.90 Å². The number of benzene rings is 7. The second-order valence-electron chi connectivity index (χ2n) is 17.0. The topological polar surface area (TPSA) is 3.24 Å². The van der Waals surface area contributed by atoms with E-state index in [9.17, 15) is 0 Å². The Hall–Kier alpha value is -5.66. The van der Waals surface area contributed by atoms with Crippen LogP contribution in [0.15, 0.2) is 158 Å². The van der Waals surface area contributed by atoms with Crippen molar-refractivity contribution in [2.45, 2.75) is 64.7 Å². The molecule has 0 amide bonds. The third-order valence-corrected chi connectivity index (χ3v) is 12.0. The van der Waals surface area contributed by atoms with E-state index in [1.165, 1.54) is 72.3 Å². The lowest BCUT2D eigenvalue weighted by Gasteiger charge is -2.29. The maximum atomic E-state index is 2.44. The molecule has 0 N–H and O–H groups in total. The van der Waals surface area contributed by atoms with Gasteiger partial charge in [0.2, 0.25) is 0 Å². The molecule has 1 heteroatoms. The summed E-state index contributed by atoms with van der Waals surface area (Å²) in [5, 5.41) is 0. The number of hydrogen-bond acceptors (Lipinski definition) is 1. The van der Waals surface area contributed by atoms with Crippen LogP contribution in [0.3, 0.4) is 0 Å². The lowest BCUT2D eigenvalue weighted by atomic mass is 9.79. The van der Waals surface area contributed by atoms with Crippen LogP contribution in [0.5, 0.6) is 0 Å². The largest absolute Gasteiger partial charge is 0.310 e. The van der Waals surface area contributed by atoms with E-state index in [1.807, 2.05) is 0 Å². The van der Waals surface area contributed by atoms with Crippen molar-refractivity contribution in [2.24, 2.45) is 0 Å². The molecule has 0 aromatic heterocycles. The van der Waals surface area contributed by atoms with Gasteiger partial charge in [-0.05, 0) is 109 Å². The number of anilines is 3. The third kappa shape index (κ3) is 5.20. The van der Waals surface area contributed by atoms with Crippen molar-refractivity contribution < 1.29 is 0 Å². The van der Waals surface area contributed by atoms with E-state index in [2.05, 4.69) is 211 Å². The first kappa shape index (κ1) is 33.2. The van der Waals surface area contributed by atoms with Gasteiger partial charge >= 0.3 is 0 Å². The van der Waals surface area contributed by atoms with Gasteiger partial charge in [-0.2, -0.15) is 0 Å². The van der Waals surface area contributed by atoms with Crippen LogP contribution in [0.25, 0.3) is 44.5 Å². The molecule has 53 heavy (non-hydrogen) atoms. The molecule has 0 atom stereocenters. The Morgan fingerprint density at radius 1 is 0.396 bits per heavy atom. The molecule has 0 bridgehead atoms. The van der Waals surface area contributed by atoms with E-state index in [0.717, 1.165) is 17.1 Å². The number of hydrogen-bond donors (Lipinski definition) is 0. The zero-order valence-corrected chi connectivity index (χ0v) is 32.0. The van der Waals surface area contributed by atoms with Gasteiger partial charge in [0, 0.05) is 27.8 Å². The Labute approximate surface area is 315 Å². The quantitative estimate of drug-likeness (QED) is 0.174. The summed E-state index contributed by atoms with van der Waals surface area (Å²) in [4.78, 5) is 2.44. The Morgan fingerprint density at radius 2 is 0.887 bits per heavy atom. The summed E-state index contributed by atoms with van der Waals surface area (Å²) in [6, 6.07) is 59.0. The van der Waals surface area contributed by atoms with Crippen LogP contribution in [0, 0.1) is 0 Å². The standard InChI is InChI=1S/C52H47N/c1-50(2,3)36-26-30-38(31-27-36)53(37-28-23-34(24-29-37)40-18-14-19-44-42-17-9-12-21-46(42)52(6,7)49(40)44)48-22-13-10-15-39(48)35-25-32-43-41-16-8-11-20-45(41)51(4,5)47(43)33-35/h8-33H,1-7H3. The van der Waals surface area contributed by atoms with Crippen molar-refractivity contribution in [3.05, 3.63) is 186 Å². The monoisotopic (exact) mass is 685 g/mol. The summed E-state index contributed by atoms with van der Waals surface area (Å²) < 4.78 is 0. The highest BCUT2D eigenvalue weighted by atomic mass is 15.1. The van der Waals surface area contributed by atoms with Gasteiger partial charge in [-0.25, -0.2) is 0 Å². The summed E-state index contributed by atoms with van der Waals surface area (Å²) in [5.74, 6) is 0. The zero-order chi connectivity index (χ0) is 36.7. The molecule has 260 valence electrons. The van der Waals surface area contributed by atoms with E-state index in [1.54, 1.807) is 0 Å². The molecule has 0 aliphatic heterocycles. The van der Waals surface area contributed by atoms with Gasteiger partial charge in [-0.1, -0.05) is 170 Å². The van der Waals surface area contributed by atoms with Gasteiger partial charge in [0.25, 0.3) is 0 Å². The number of nitrogens with zero attached hydrogens (tertiary/aromatic N) is 1. The fourth-order valence-corrected chi connectivity index (χ4v) is 9.20. The van der Waals surface area contributed by atoms with Crippen molar-refractivity contribution >= 4 is 17.1 Å². The average molecular weight is 686 g/mol. The second-order valence-corrected chi connectivity index (χ2v) is 17.0. The first-order valence-corrected chi connectivity index (χ1v) is 19.0. The van der Waals surface area contributed by atoms with Crippen molar-refractivity contribution in [2.75, 3.05) is 4.90 Å². The molecule has 1 nitrogen and oxygen atoms in total. The Bertz CT molecular complexity index is 2520. The van der Waals surface area contributed by atoms with Gasteiger partial charge in [-0.15, -0.1) is 0 Å². The maximum absolute atomic E-state index is 2.44. The second kappa shape index (κ2) is 11.9. The summed E-state index contributed by atoms with van der Waals surface area (Å²) in [6.45, 7) is 16.3. The molecule has 0 saturated heterocycles. The summed E-state index contributed by atoms with van der Waals surface area (Å²) >= 11 is 0. The normalized spacial score (nSPS) is 14.6. The highest BCUT2D eigenvalue weighted by Gasteiger charge is 2.38. The minimum atomic E-state index is -0.0766. The van der Waals surface area contributed by atoms with E-state index in [-0.39, 0.29) is 16.2 Å². The third-order valence-electron chi connectivity index (χ3n) is 12.0. The zero-order valence-electron chi connectivity index (χ0n) is 32.0. The molecule has 7 aromatic rings. The van der Waals surface area contributed by atoms with Gasteiger partial charge in [0.15, 0.2) is 0 Å². The first-order valence-electron chi connectivity index (χ1n) is 19.0. The van der Waals surface area contributed by atoms with Crippen molar-refractivity contribution in [1.29, 1.82) is 0 Å². The van der Waals surface area contributed by atoms with Crippen LogP contribution in [-0.4, -0.2) is 0 Å². The molecule has 0 fully saturated rings. The van der Waals surface area contributed by atoms with Crippen molar-refractivity contribution in [3.8, 4) is 44.5 Å². The van der Waals surface area contributed by atoms with Crippen LogP contribution >= 0.6 is 0 Å². The van der Waals surface area contributed by atoms with E-state index in [0.29, 0.717) is 0 Å². The molecule has 9 rings (SSSR count). The highest BCUT2D eigenvalue weighted by Crippen LogP contribution is 2.53. The van der Waals surface area contributed by atoms with Crippen LogP contribution in [-0.2, 0) is 16.2 Å². The fraction of sp³-hybridized carbons (Fsp3) is 0.192. The SMILES string of the molecule is CC(C)(C)c1ccc(N(c2ccc(-c3cccc4c3C(C)(C)c3ccccc3-4)cc2)c2ccccc2-c2ccc3c(c2)C(C)(C)c2ccccc2-3)cc1. The number of rotatable bonds is 5. The maximum Gasteiger partial charge on any atom is 0.0540 e. The number of fused-ring (bicyclic) bond motifs is 6. The summed E-state index contributed by atoms with van der Waals surface area (Å²) in [5.41, 5.74) is 20.7. The van der Waals surface area contributed by atoms with E-state index < -0.39 is 0 Å². The molecule has 7 aromatic carbocycles. The van der Waals surface area contributed by atoms with Crippen molar-refractivity contribution in [3.63, 3.8) is 0 Å². The molecule has 0 heterocycles. The molecule has 0 spiro atoms. The Kier molecular flexibility index (Phi) is 7.48. The predicted molar refractivity (Wildman–Crippen MR) is 226 cm³/mol. The molecule has 2 aliphatic rings. The summed E-state index contributed by atoms with van der Waals surface area (Å²) in [6.07, 6.45) is 0. The summed E-state index contributed by atoms with van der Waals surface area (Å²) in [7, 11) is 0.